The van der Waals surface area contributed by atoms with Crippen LogP contribution in [0.25, 0.3) is 0 Å². The zero-order chi connectivity index (χ0) is 18.4. The molecular formula is C18H18N6OS. The highest BCUT2D eigenvalue weighted by molar-refractivity contribution is 7.98. The van der Waals surface area contributed by atoms with E-state index in [1.807, 2.05) is 42.8 Å². The van der Waals surface area contributed by atoms with Crippen LogP contribution in [-0.4, -0.2) is 31.4 Å². The SMILES string of the molecule is C/C(=N/NC(=O)c1ccc(CSc2nncn2C)cc1)c1ccncc1. The molecule has 1 amide bonds. The number of hydrazone groups is 1. The lowest BCUT2D eigenvalue weighted by Gasteiger charge is -2.05. The maximum atomic E-state index is 12.2. The zero-order valence-electron chi connectivity index (χ0n) is 14.5. The van der Waals surface area contributed by atoms with Gasteiger partial charge < -0.3 is 4.57 Å². The Morgan fingerprint density at radius 3 is 2.54 bits per heavy atom. The summed E-state index contributed by atoms with van der Waals surface area (Å²) in [6, 6.07) is 11.1. The third kappa shape index (κ3) is 4.54. The minimum atomic E-state index is -0.245. The average molecular weight is 366 g/mol. The molecule has 0 spiro atoms. The van der Waals surface area contributed by atoms with Crippen LogP contribution in [0.5, 0.6) is 0 Å². The van der Waals surface area contributed by atoms with Crippen LogP contribution >= 0.6 is 11.8 Å². The Balaban J connectivity index is 1.57. The fourth-order valence-corrected chi connectivity index (χ4v) is 3.00. The highest BCUT2D eigenvalue weighted by atomic mass is 32.2. The molecule has 26 heavy (non-hydrogen) atoms. The molecule has 0 fully saturated rings. The lowest BCUT2D eigenvalue weighted by atomic mass is 10.1. The van der Waals surface area contributed by atoms with Crippen molar-refractivity contribution in [2.45, 2.75) is 17.8 Å². The lowest BCUT2D eigenvalue weighted by molar-refractivity contribution is 0.0955. The standard InChI is InChI=1S/C18H18N6OS/c1-13(15-7-9-19-10-8-15)21-22-17(25)16-5-3-14(4-6-16)11-26-18-23-20-12-24(18)2/h3-10,12H,11H2,1-2H3,(H,22,25)/b21-13-. The third-order valence-corrected chi connectivity index (χ3v) is 4.78. The Morgan fingerprint density at radius 2 is 1.88 bits per heavy atom. The second-order valence-electron chi connectivity index (χ2n) is 5.58. The molecule has 0 aliphatic heterocycles. The van der Waals surface area contributed by atoms with Gasteiger partial charge in [-0.25, -0.2) is 5.43 Å². The quantitative estimate of drug-likeness (QED) is 0.412. The molecule has 0 saturated heterocycles. The summed E-state index contributed by atoms with van der Waals surface area (Å²) >= 11 is 1.59. The number of nitrogens with zero attached hydrogens (tertiary/aromatic N) is 5. The maximum Gasteiger partial charge on any atom is 0.271 e. The predicted octanol–water partition coefficient (Wildman–Crippen LogP) is 2.66. The number of carbonyl (C=O) groups is 1. The van der Waals surface area contributed by atoms with Gasteiger partial charge in [0.1, 0.15) is 6.33 Å². The molecule has 132 valence electrons. The number of aromatic nitrogens is 4. The van der Waals surface area contributed by atoms with Gasteiger partial charge in [0.05, 0.1) is 5.71 Å². The second kappa shape index (κ2) is 8.39. The first-order valence-electron chi connectivity index (χ1n) is 7.94. The maximum absolute atomic E-state index is 12.2. The number of benzene rings is 1. The minimum Gasteiger partial charge on any atom is -0.312 e. The van der Waals surface area contributed by atoms with Gasteiger partial charge in [-0.3, -0.25) is 9.78 Å². The first-order chi connectivity index (χ1) is 12.6. The molecule has 1 aromatic carbocycles. The van der Waals surface area contributed by atoms with Crippen LogP contribution < -0.4 is 5.43 Å². The number of carbonyl (C=O) groups excluding carboxylic acids is 1. The molecule has 8 heteroatoms. The largest absolute Gasteiger partial charge is 0.312 e. The summed E-state index contributed by atoms with van der Waals surface area (Å²) in [6.45, 7) is 1.84. The molecule has 1 N–H and O–H groups in total. The van der Waals surface area contributed by atoms with Crippen LogP contribution in [0.2, 0.25) is 0 Å². The second-order valence-corrected chi connectivity index (χ2v) is 6.53. The molecular weight excluding hydrogens is 348 g/mol. The van der Waals surface area contributed by atoms with Crippen LogP contribution in [0.15, 0.2) is 65.4 Å². The van der Waals surface area contributed by atoms with Crippen molar-refractivity contribution in [3.05, 3.63) is 71.8 Å². The van der Waals surface area contributed by atoms with Crippen LogP contribution in [-0.2, 0) is 12.8 Å². The van der Waals surface area contributed by atoms with Gasteiger partial charge in [0.25, 0.3) is 5.91 Å². The highest BCUT2D eigenvalue weighted by Gasteiger charge is 2.06. The van der Waals surface area contributed by atoms with E-state index in [-0.39, 0.29) is 5.91 Å². The monoisotopic (exact) mass is 366 g/mol. The van der Waals surface area contributed by atoms with Gasteiger partial charge in [-0.1, -0.05) is 23.9 Å². The predicted molar refractivity (Wildman–Crippen MR) is 101 cm³/mol. The molecule has 7 nitrogen and oxygen atoms in total. The minimum absolute atomic E-state index is 0.245. The Hall–Kier alpha value is -3.00. The van der Waals surface area contributed by atoms with E-state index in [0.717, 1.165) is 27.7 Å². The van der Waals surface area contributed by atoms with Gasteiger partial charge in [0, 0.05) is 36.3 Å². The number of thioether (sulfide) groups is 1. The summed E-state index contributed by atoms with van der Waals surface area (Å²) in [7, 11) is 1.91. The van der Waals surface area contributed by atoms with Gasteiger partial charge in [-0.05, 0) is 36.8 Å². The number of nitrogens with one attached hydrogen (secondary N) is 1. The Bertz CT molecular complexity index is 905. The number of rotatable bonds is 6. The highest BCUT2D eigenvalue weighted by Crippen LogP contribution is 2.20. The first-order valence-corrected chi connectivity index (χ1v) is 8.93. The van der Waals surface area contributed by atoms with E-state index < -0.39 is 0 Å². The summed E-state index contributed by atoms with van der Waals surface area (Å²) in [5, 5.41) is 12.9. The normalized spacial score (nSPS) is 11.4. The summed E-state index contributed by atoms with van der Waals surface area (Å²) in [5.74, 6) is 0.513. The van der Waals surface area contributed by atoms with E-state index in [1.54, 1.807) is 42.6 Å². The van der Waals surface area contributed by atoms with Crippen molar-refractivity contribution in [1.82, 2.24) is 25.2 Å². The van der Waals surface area contributed by atoms with Crippen LogP contribution in [0.1, 0.15) is 28.4 Å². The average Bonchev–Trinajstić information content (AvgIpc) is 3.10. The molecule has 0 aliphatic rings. The van der Waals surface area contributed by atoms with Crippen molar-refractivity contribution in [3.63, 3.8) is 0 Å². The molecule has 0 saturated carbocycles. The fraction of sp³-hybridized carbons (Fsp3) is 0.167. The van der Waals surface area contributed by atoms with Crippen molar-refractivity contribution < 1.29 is 4.79 Å². The topological polar surface area (TPSA) is 85.1 Å². The molecule has 3 rings (SSSR count). The number of amides is 1. The van der Waals surface area contributed by atoms with E-state index in [4.69, 9.17) is 0 Å². The number of pyridine rings is 1. The van der Waals surface area contributed by atoms with Crippen molar-refractivity contribution in [3.8, 4) is 0 Å². The van der Waals surface area contributed by atoms with Gasteiger partial charge >= 0.3 is 0 Å². The van der Waals surface area contributed by atoms with E-state index >= 15 is 0 Å². The van der Waals surface area contributed by atoms with Gasteiger partial charge in [-0.2, -0.15) is 5.10 Å². The Kier molecular flexibility index (Phi) is 5.75. The smallest absolute Gasteiger partial charge is 0.271 e. The molecule has 2 aromatic heterocycles. The fourth-order valence-electron chi connectivity index (χ4n) is 2.16. The van der Waals surface area contributed by atoms with E-state index in [0.29, 0.717) is 5.56 Å². The summed E-state index contributed by atoms with van der Waals surface area (Å²) in [6.07, 6.45) is 5.05. The van der Waals surface area contributed by atoms with Crippen molar-refractivity contribution in [2.75, 3.05) is 0 Å². The zero-order valence-corrected chi connectivity index (χ0v) is 15.3. The Labute approximate surface area is 155 Å². The van der Waals surface area contributed by atoms with E-state index in [1.165, 1.54) is 0 Å². The molecule has 0 aliphatic carbocycles. The van der Waals surface area contributed by atoms with Gasteiger partial charge in [0.15, 0.2) is 5.16 Å². The van der Waals surface area contributed by atoms with Crippen molar-refractivity contribution >= 4 is 23.4 Å². The molecule has 0 atom stereocenters. The molecule has 0 radical (unpaired) electrons. The van der Waals surface area contributed by atoms with Gasteiger partial charge in [0.2, 0.25) is 0 Å². The first kappa shape index (κ1) is 17.8. The van der Waals surface area contributed by atoms with Crippen molar-refractivity contribution in [1.29, 1.82) is 0 Å². The molecule has 2 heterocycles. The summed E-state index contributed by atoms with van der Waals surface area (Å²) < 4.78 is 1.87. The van der Waals surface area contributed by atoms with E-state index in [9.17, 15) is 4.79 Å². The van der Waals surface area contributed by atoms with Crippen LogP contribution in [0.4, 0.5) is 0 Å². The summed E-state index contributed by atoms with van der Waals surface area (Å²) in [5.41, 5.74) is 5.88. The van der Waals surface area contributed by atoms with Gasteiger partial charge in [-0.15, -0.1) is 10.2 Å². The van der Waals surface area contributed by atoms with Crippen LogP contribution in [0.3, 0.4) is 0 Å². The van der Waals surface area contributed by atoms with Crippen LogP contribution in [0, 0.1) is 0 Å². The Morgan fingerprint density at radius 1 is 1.15 bits per heavy atom. The number of aryl methyl sites for hydroxylation is 1. The molecule has 0 bridgehead atoms. The van der Waals surface area contributed by atoms with Crippen molar-refractivity contribution in [2.24, 2.45) is 12.1 Å². The summed E-state index contributed by atoms with van der Waals surface area (Å²) in [4.78, 5) is 16.2. The lowest BCUT2D eigenvalue weighted by Crippen LogP contribution is -2.19. The third-order valence-electron chi connectivity index (χ3n) is 3.68. The molecule has 3 aromatic rings. The number of hydrogen-bond donors (Lipinski definition) is 1. The number of hydrogen-bond acceptors (Lipinski definition) is 6. The molecule has 0 unspecified atom stereocenters. The van der Waals surface area contributed by atoms with E-state index in [2.05, 4.69) is 25.7 Å².